The number of phosphoric ester groups is 1. The van der Waals surface area contributed by atoms with Crippen molar-refractivity contribution in [3.63, 3.8) is 0 Å². The maximum atomic E-state index is 12.5. The molecule has 0 bridgehead atoms. The molecule has 0 aliphatic carbocycles. The first-order valence-corrected chi connectivity index (χ1v) is 16.8. The van der Waals surface area contributed by atoms with Gasteiger partial charge in [-0.2, -0.15) is 0 Å². The van der Waals surface area contributed by atoms with Crippen LogP contribution in [0.5, 0.6) is 0 Å². The number of carbonyl (C=O) groups excluding carboxylic acids is 1. The summed E-state index contributed by atoms with van der Waals surface area (Å²) in [4.78, 5) is 22.3. The third-order valence-corrected chi connectivity index (χ3v) is 6.73. The molecular formula is C34H55N2O6P. The largest absolute Gasteiger partial charge is 0.472 e. The highest BCUT2D eigenvalue weighted by Crippen LogP contribution is 2.43. The molecule has 0 aliphatic rings. The number of amides is 1. The Hall–Kier alpha value is -2.58. The number of aliphatic hydroxyl groups excluding tert-OH is 1. The van der Waals surface area contributed by atoms with Crippen molar-refractivity contribution in [3.8, 4) is 0 Å². The summed E-state index contributed by atoms with van der Waals surface area (Å²) in [6.45, 7) is 3.61. The fourth-order valence-electron chi connectivity index (χ4n) is 3.47. The van der Waals surface area contributed by atoms with Crippen LogP contribution in [0.1, 0.15) is 78.1 Å². The molecule has 3 unspecified atom stereocenters. The van der Waals surface area contributed by atoms with Crippen LogP contribution >= 0.6 is 7.82 Å². The minimum absolute atomic E-state index is 0.0520. The van der Waals surface area contributed by atoms with E-state index in [9.17, 15) is 19.4 Å². The predicted molar refractivity (Wildman–Crippen MR) is 179 cm³/mol. The van der Waals surface area contributed by atoms with E-state index in [1.165, 1.54) is 0 Å². The molecule has 9 heteroatoms. The zero-order valence-corrected chi connectivity index (χ0v) is 27.0. The maximum absolute atomic E-state index is 12.5. The summed E-state index contributed by atoms with van der Waals surface area (Å²) in [5, 5.41) is 13.3. The van der Waals surface area contributed by atoms with E-state index >= 15 is 0 Å². The summed E-state index contributed by atoms with van der Waals surface area (Å²) in [5.41, 5.74) is 5.31. The van der Waals surface area contributed by atoms with Crippen molar-refractivity contribution in [2.24, 2.45) is 5.73 Å². The van der Waals surface area contributed by atoms with Gasteiger partial charge in [0.1, 0.15) is 0 Å². The molecule has 0 spiro atoms. The molecule has 5 N–H and O–H groups in total. The maximum Gasteiger partial charge on any atom is 0.472 e. The van der Waals surface area contributed by atoms with Crippen molar-refractivity contribution in [1.29, 1.82) is 0 Å². The van der Waals surface area contributed by atoms with Gasteiger partial charge in [-0.25, -0.2) is 4.57 Å². The number of aliphatic hydroxyl groups is 1. The third kappa shape index (κ3) is 28.0. The molecule has 0 saturated carbocycles. The zero-order valence-electron chi connectivity index (χ0n) is 26.1. The molecule has 0 rings (SSSR count). The van der Waals surface area contributed by atoms with E-state index in [4.69, 9.17) is 14.8 Å². The molecule has 0 aromatic carbocycles. The van der Waals surface area contributed by atoms with Gasteiger partial charge in [-0.05, 0) is 64.7 Å². The predicted octanol–water partition coefficient (Wildman–Crippen LogP) is 7.31. The number of hydrogen-bond donors (Lipinski definition) is 4. The molecule has 0 aromatic rings. The lowest BCUT2D eigenvalue weighted by Crippen LogP contribution is -2.45. The van der Waals surface area contributed by atoms with Gasteiger partial charge in [-0.1, -0.05) is 104 Å². The van der Waals surface area contributed by atoms with Gasteiger partial charge in [-0.15, -0.1) is 0 Å². The quantitative estimate of drug-likeness (QED) is 0.0454. The minimum Gasteiger partial charge on any atom is -0.387 e. The molecule has 3 atom stereocenters. The van der Waals surface area contributed by atoms with Gasteiger partial charge in [0.25, 0.3) is 0 Å². The number of carbonyl (C=O) groups is 1. The van der Waals surface area contributed by atoms with Gasteiger partial charge in [0, 0.05) is 13.0 Å². The lowest BCUT2D eigenvalue weighted by atomic mass is 10.1. The molecule has 0 aliphatic heterocycles. The van der Waals surface area contributed by atoms with Crippen LogP contribution in [0.4, 0.5) is 0 Å². The van der Waals surface area contributed by atoms with E-state index < -0.39 is 26.6 Å². The van der Waals surface area contributed by atoms with Gasteiger partial charge >= 0.3 is 7.82 Å². The normalized spacial score (nSPS) is 15.9. The molecule has 1 amide bonds. The Morgan fingerprint density at radius 3 is 1.84 bits per heavy atom. The number of nitrogens with one attached hydrogen (secondary N) is 1. The Kier molecular flexibility index (Phi) is 27.7. The van der Waals surface area contributed by atoms with Crippen LogP contribution in [0, 0.1) is 0 Å². The molecule has 43 heavy (non-hydrogen) atoms. The molecule has 0 fully saturated rings. The van der Waals surface area contributed by atoms with E-state index in [2.05, 4.69) is 73.0 Å². The van der Waals surface area contributed by atoms with Crippen LogP contribution in [0.15, 0.2) is 97.2 Å². The molecule has 0 heterocycles. The average molecular weight is 619 g/mol. The summed E-state index contributed by atoms with van der Waals surface area (Å²) in [7, 11) is -4.36. The first-order valence-electron chi connectivity index (χ1n) is 15.3. The van der Waals surface area contributed by atoms with Crippen molar-refractivity contribution in [3.05, 3.63) is 97.2 Å². The van der Waals surface area contributed by atoms with Crippen LogP contribution < -0.4 is 11.1 Å². The van der Waals surface area contributed by atoms with Crippen molar-refractivity contribution in [2.45, 2.75) is 90.2 Å². The Bertz CT molecular complexity index is 981. The van der Waals surface area contributed by atoms with Gasteiger partial charge in [0.05, 0.1) is 25.4 Å². The Labute approximate surface area is 260 Å². The fraction of sp³-hybridized carbons (Fsp3) is 0.500. The van der Waals surface area contributed by atoms with Crippen molar-refractivity contribution >= 4 is 13.7 Å². The second kappa shape index (κ2) is 29.5. The van der Waals surface area contributed by atoms with Crippen molar-refractivity contribution in [1.82, 2.24) is 5.32 Å². The highest BCUT2D eigenvalue weighted by molar-refractivity contribution is 7.47. The van der Waals surface area contributed by atoms with Crippen LogP contribution in [0.25, 0.3) is 0 Å². The number of unbranched alkanes of at least 4 members (excludes halogenated alkanes) is 2. The lowest BCUT2D eigenvalue weighted by Gasteiger charge is -2.23. The molecular weight excluding hydrogens is 563 g/mol. The Morgan fingerprint density at radius 1 is 0.791 bits per heavy atom. The molecule has 8 nitrogen and oxygen atoms in total. The minimum atomic E-state index is -4.36. The molecule has 0 saturated heterocycles. The van der Waals surface area contributed by atoms with E-state index in [1.54, 1.807) is 12.2 Å². The first-order chi connectivity index (χ1) is 20.9. The molecule has 0 radical (unpaired) electrons. The summed E-state index contributed by atoms with van der Waals surface area (Å²) in [6, 6.07) is -0.940. The standard InChI is InChI=1S/C34H55N2O6P/c1-3-5-7-9-11-13-14-15-16-17-18-20-22-24-26-28-34(38)36-32(31-42-43(39,40)41-30-29-35)33(37)27-25-23-21-19-12-10-8-6-4-2/h4-7,11-13,15-16,18-20,24-27,32-33,37H,3,8-10,14,17,21-23,28-31,35H2,1-2H3,(H,36,38)(H,39,40)/b6-4+,7-5-,13-11-,16-15-,19-12+,20-18-,26-24-,27-25+. The Morgan fingerprint density at radius 2 is 1.30 bits per heavy atom. The van der Waals surface area contributed by atoms with E-state index in [0.717, 1.165) is 44.9 Å². The summed E-state index contributed by atoms with van der Waals surface area (Å²) < 4.78 is 21.8. The number of hydrogen-bond acceptors (Lipinski definition) is 6. The van der Waals surface area contributed by atoms with E-state index in [0.29, 0.717) is 12.8 Å². The van der Waals surface area contributed by atoms with Crippen LogP contribution in [-0.2, 0) is 18.4 Å². The molecule has 242 valence electrons. The van der Waals surface area contributed by atoms with E-state index in [-0.39, 0.29) is 25.5 Å². The van der Waals surface area contributed by atoms with Crippen molar-refractivity contribution < 1.29 is 28.4 Å². The number of rotatable bonds is 26. The first kappa shape index (κ1) is 40.4. The smallest absolute Gasteiger partial charge is 0.387 e. The monoisotopic (exact) mass is 618 g/mol. The topological polar surface area (TPSA) is 131 Å². The van der Waals surface area contributed by atoms with Gasteiger partial charge in [0.2, 0.25) is 5.91 Å². The zero-order chi connectivity index (χ0) is 31.9. The average Bonchev–Trinajstić information content (AvgIpc) is 2.99. The van der Waals surface area contributed by atoms with Gasteiger partial charge < -0.3 is 21.1 Å². The number of nitrogens with two attached hydrogens (primary N) is 1. The van der Waals surface area contributed by atoms with Crippen LogP contribution in [0.3, 0.4) is 0 Å². The second-order valence-electron chi connectivity index (χ2n) is 9.59. The highest BCUT2D eigenvalue weighted by Gasteiger charge is 2.26. The Balaban J connectivity index is 4.67. The summed E-state index contributed by atoms with van der Waals surface area (Å²) in [6.07, 6.45) is 39.4. The summed E-state index contributed by atoms with van der Waals surface area (Å²) >= 11 is 0. The second-order valence-corrected chi connectivity index (χ2v) is 11.0. The molecule has 0 aromatic heterocycles. The third-order valence-electron chi connectivity index (χ3n) is 5.74. The number of phosphoric acid groups is 1. The highest BCUT2D eigenvalue weighted by atomic mass is 31.2. The fourth-order valence-corrected chi connectivity index (χ4v) is 4.23. The SMILES string of the molecule is C/C=C/CC/C=C/CC/C=C/C(O)C(COP(=O)(O)OCCN)NC(=O)C/C=C\C/C=C\C/C=C\C/C=C\C/C=C\CC. The van der Waals surface area contributed by atoms with Gasteiger partial charge in [-0.3, -0.25) is 13.8 Å². The number of allylic oxidation sites excluding steroid dienone is 14. The van der Waals surface area contributed by atoms with Gasteiger partial charge in [0.15, 0.2) is 0 Å². The van der Waals surface area contributed by atoms with E-state index in [1.807, 2.05) is 31.2 Å². The van der Waals surface area contributed by atoms with Crippen LogP contribution in [0.2, 0.25) is 0 Å². The summed E-state index contributed by atoms with van der Waals surface area (Å²) in [5.74, 6) is -0.345. The van der Waals surface area contributed by atoms with Crippen molar-refractivity contribution in [2.75, 3.05) is 19.8 Å². The van der Waals surface area contributed by atoms with Crippen LogP contribution in [-0.4, -0.2) is 47.8 Å². The lowest BCUT2D eigenvalue weighted by molar-refractivity contribution is -0.122.